The highest BCUT2D eigenvalue weighted by atomic mass is 32.2. The number of carbonyl (C=O) groups is 1. The largest absolute Gasteiger partial charge is 0.340 e. The number of rotatable bonds is 5. The average Bonchev–Trinajstić information content (AvgIpc) is 3.43. The lowest BCUT2D eigenvalue weighted by molar-refractivity contribution is -0.140. The van der Waals surface area contributed by atoms with Crippen molar-refractivity contribution in [1.82, 2.24) is 19.3 Å². The molecule has 1 unspecified atom stereocenters. The van der Waals surface area contributed by atoms with Gasteiger partial charge in [-0.05, 0) is 45.1 Å². The molecule has 10 heteroatoms. The number of likely N-dealkylation sites (tertiary alicyclic amines) is 1. The van der Waals surface area contributed by atoms with E-state index >= 15 is 0 Å². The van der Waals surface area contributed by atoms with Gasteiger partial charge in [0.15, 0.2) is 0 Å². The maximum atomic E-state index is 13.1. The van der Waals surface area contributed by atoms with Crippen molar-refractivity contribution in [2.75, 3.05) is 19.6 Å². The summed E-state index contributed by atoms with van der Waals surface area (Å²) in [6, 6.07) is 1.90. The van der Waals surface area contributed by atoms with Crippen LogP contribution in [0.1, 0.15) is 51.8 Å². The highest BCUT2D eigenvalue weighted by Gasteiger charge is 2.36. The molecule has 2 aromatic heterocycles. The van der Waals surface area contributed by atoms with E-state index < -0.39 is 10.0 Å². The summed E-state index contributed by atoms with van der Waals surface area (Å²) in [5.74, 6) is 1.05. The number of amides is 1. The molecule has 2 aliphatic rings. The second-order valence-electron chi connectivity index (χ2n) is 8.07. The van der Waals surface area contributed by atoms with Crippen molar-refractivity contribution in [3.63, 3.8) is 0 Å². The van der Waals surface area contributed by atoms with Crippen molar-refractivity contribution >= 4 is 27.3 Å². The van der Waals surface area contributed by atoms with Crippen LogP contribution in [0.3, 0.4) is 0 Å². The normalized spacial score (nSPS) is 21.8. The Morgan fingerprint density at radius 2 is 2.00 bits per heavy atom. The van der Waals surface area contributed by atoms with E-state index in [1.54, 1.807) is 11.4 Å². The number of aromatic nitrogens is 2. The van der Waals surface area contributed by atoms with Crippen LogP contribution in [0.4, 0.5) is 0 Å². The summed E-state index contributed by atoms with van der Waals surface area (Å²) < 4.78 is 33.1. The molecule has 1 atom stereocenters. The quantitative estimate of drug-likeness (QED) is 0.691. The third-order valence-electron chi connectivity index (χ3n) is 6.09. The first-order valence-electron chi connectivity index (χ1n) is 10.6. The Balaban J connectivity index is 1.41. The molecule has 2 saturated heterocycles. The molecule has 2 fully saturated rings. The van der Waals surface area contributed by atoms with E-state index in [-0.39, 0.29) is 22.1 Å². The Morgan fingerprint density at radius 3 is 2.67 bits per heavy atom. The summed E-state index contributed by atoms with van der Waals surface area (Å²) in [5, 5.41) is 5.66. The van der Waals surface area contributed by atoms with Crippen molar-refractivity contribution in [2.24, 2.45) is 5.92 Å². The predicted octanol–water partition coefficient (Wildman–Crippen LogP) is 3.16. The minimum Gasteiger partial charge on any atom is -0.340 e. The SMILES string of the molecule is CCc1nc(-c2csc(S(=O)(=O)N3CCC(C(=O)N4CCCCC4C)CC3)c2)no1. The Kier molecular flexibility index (Phi) is 6.26. The second kappa shape index (κ2) is 8.76. The Hall–Kier alpha value is -1.78. The maximum absolute atomic E-state index is 13.1. The fourth-order valence-corrected chi connectivity index (χ4v) is 7.00. The first-order chi connectivity index (χ1) is 14.4. The molecule has 0 spiro atoms. The third-order valence-corrected chi connectivity index (χ3v) is 9.40. The molecule has 4 heterocycles. The molecule has 2 aromatic rings. The highest BCUT2D eigenvalue weighted by molar-refractivity contribution is 7.91. The first-order valence-corrected chi connectivity index (χ1v) is 12.9. The van der Waals surface area contributed by atoms with Crippen molar-refractivity contribution in [3.8, 4) is 11.4 Å². The molecule has 0 radical (unpaired) electrons. The van der Waals surface area contributed by atoms with Crippen LogP contribution in [0, 0.1) is 5.92 Å². The zero-order chi connectivity index (χ0) is 21.3. The minimum atomic E-state index is -3.59. The van der Waals surface area contributed by atoms with Crippen LogP contribution in [-0.2, 0) is 21.2 Å². The van der Waals surface area contributed by atoms with Gasteiger partial charge in [-0.1, -0.05) is 12.1 Å². The van der Waals surface area contributed by atoms with Crippen LogP contribution in [-0.4, -0.2) is 59.3 Å². The topological polar surface area (TPSA) is 96.6 Å². The van der Waals surface area contributed by atoms with Crippen molar-refractivity contribution in [2.45, 2.75) is 62.6 Å². The molecule has 30 heavy (non-hydrogen) atoms. The van der Waals surface area contributed by atoms with Gasteiger partial charge in [-0.2, -0.15) is 9.29 Å². The fraction of sp³-hybridized carbons (Fsp3) is 0.650. The van der Waals surface area contributed by atoms with Crippen molar-refractivity contribution in [1.29, 1.82) is 0 Å². The zero-order valence-electron chi connectivity index (χ0n) is 17.4. The molecule has 0 aromatic carbocycles. The van der Waals surface area contributed by atoms with Gasteiger partial charge in [0.05, 0.1) is 0 Å². The second-order valence-corrected chi connectivity index (χ2v) is 11.2. The Bertz CT molecular complexity index is 992. The maximum Gasteiger partial charge on any atom is 0.252 e. The van der Waals surface area contributed by atoms with Gasteiger partial charge in [0.1, 0.15) is 4.21 Å². The van der Waals surface area contributed by atoms with E-state index in [2.05, 4.69) is 17.1 Å². The number of thiophene rings is 1. The van der Waals surface area contributed by atoms with Crippen LogP contribution in [0.25, 0.3) is 11.4 Å². The molecular formula is C20H28N4O4S2. The predicted molar refractivity (Wildman–Crippen MR) is 113 cm³/mol. The molecule has 0 saturated carbocycles. The molecule has 8 nitrogen and oxygen atoms in total. The summed E-state index contributed by atoms with van der Waals surface area (Å²) >= 11 is 1.17. The number of piperidine rings is 2. The first kappa shape index (κ1) is 21.5. The number of aryl methyl sites for hydroxylation is 1. The number of carbonyl (C=O) groups excluding carboxylic acids is 1. The summed E-state index contributed by atoms with van der Waals surface area (Å²) in [5.41, 5.74) is 0.645. The van der Waals surface area contributed by atoms with E-state index in [0.717, 1.165) is 19.4 Å². The number of sulfonamides is 1. The van der Waals surface area contributed by atoms with Gasteiger partial charge in [0.2, 0.25) is 17.6 Å². The van der Waals surface area contributed by atoms with Crippen LogP contribution in [0.15, 0.2) is 20.2 Å². The highest BCUT2D eigenvalue weighted by Crippen LogP contribution is 2.32. The summed E-state index contributed by atoms with van der Waals surface area (Å²) in [6.45, 7) is 5.60. The van der Waals surface area contributed by atoms with Crippen LogP contribution in [0.2, 0.25) is 0 Å². The minimum absolute atomic E-state index is 0.0808. The standard InChI is InChI=1S/C20H28N4O4S2/c1-3-17-21-19(22-28-17)16-12-18(29-13-16)30(26,27)23-10-7-15(8-11-23)20(25)24-9-5-4-6-14(24)2/h12-15H,3-11H2,1-2H3. The van der Waals surface area contributed by atoms with E-state index in [1.807, 2.05) is 11.8 Å². The van der Waals surface area contributed by atoms with Gasteiger partial charge in [0, 0.05) is 49.0 Å². The lowest BCUT2D eigenvalue weighted by atomic mass is 9.94. The number of hydrogen-bond acceptors (Lipinski definition) is 7. The van der Waals surface area contributed by atoms with Crippen LogP contribution >= 0.6 is 11.3 Å². The molecular weight excluding hydrogens is 424 g/mol. The molecule has 0 N–H and O–H groups in total. The number of hydrogen-bond donors (Lipinski definition) is 0. The molecule has 0 bridgehead atoms. The van der Waals surface area contributed by atoms with Gasteiger partial charge >= 0.3 is 0 Å². The fourth-order valence-electron chi connectivity index (χ4n) is 4.22. The lowest BCUT2D eigenvalue weighted by Gasteiger charge is -2.38. The molecule has 4 rings (SSSR count). The van der Waals surface area contributed by atoms with Crippen molar-refractivity contribution < 1.29 is 17.7 Å². The molecule has 164 valence electrons. The molecule has 2 aliphatic heterocycles. The lowest BCUT2D eigenvalue weighted by Crippen LogP contribution is -2.48. The molecule has 1 amide bonds. The Labute approximate surface area is 181 Å². The summed E-state index contributed by atoms with van der Waals surface area (Å²) in [4.78, 5) is 19.2. The van der Waals surface area contributed by atoms with E-state index in [9.17, 15) is 13.2 Å². The van der Waals surface area contributed by atoms with Gasteiger partial charge in [-0.3, -0.25) is 4.79 Å². The zero-order valence-corrected chi connectivity index (χ0v) is 19.0. The summed E-state index contributed by atoms with van der Waals surface area (Å²) in [6.07, 6.45) is 5.07. The average molecular weight is 453 g/mol. The third kappa shape index (κ3) is 4.17. The monoisotopic (exact) mass is 452 g/mol. The van der Waals surface area contributed by atoms with Gasteiger partial charge in [-0.25, -0.2) is 8.42 Å². The van der Waals surface area contributed by atoms with Gasteiger partial charge in [-0.15, -0.1) is 11.3 Å². The van der Waals surface area contributed by atoms with E-state index in [0.29, 0.717) is 49.6 Å². The van der Waals surface area contributed by atoms with Crippen LogP contribution < -0.4 is 0 Å². The smallest absolute Gasteiger partial charge is 0.252 e. The number of nitrogens with zero attached hydrogens (tertiary/aromatic N) is 4. The van der Waals surface area contributed by atoms with E-state index in [1.165, 1.54) is 22.1 Å². The van der Waals surface area contributed by atoms with Crippen molar-refractivity contribution in [3.05, 3.63) is 17.3 Å². The summed E-state index contributed by atoms with van der Waals surface area (Å²) in [7, 11) is -3.59. The van der Waals surface area contributed by atoms with Gasteiger partial charge in [0.25, 0.3) is 10.0 Å². The Morgan fingerprint density at radius 1 is 1.23 bits per heavy atom. The van der Waals surface area contributed by atoms with Crippen LogP contribution in [0.5, 0.6) is 0 Å². The van der Waals surface area contributed by atoms with E-state index in [4.69, 9.17) is 4.52 Å². The van der Waals surface area contributed by atoms with Gasteiger partial charge < -0.3 is 9.42 Å². The molecule has 0 aliphatic carbocycles.